The predicted molar refractivity (Wildman–Crippen MR) is 135 cm³/mol. The van der Waals surface area contributed by atoms with Crippen molar-refractivity contribution < 1.29 is 32.2 Å². The molecule has 1 heterocycles. The Morgan fingerprint density at radius 3 is 2.36 bits per heavy atom. The molecule has 0 saturated carbocycles. The molecule has 190 valence electrons. The van der Waals surface area contributed by atoms with Crippen LogP contribution in [0.4, 0.5) is 5.69 Å². The molecule has 1 unspecified atom stereocenters. The molecule has 4 rings (SSSR count). The van der Waals surface area contributed by atoms with E-state index in [0.717, 1.165) is 9.87 Å². The van der Waals surface area contributed by atoms with Crippen molar-refractivity contribution in [2.75, 3.05) is 38.3 Å². The quantitative estimate of drug-likeness (QED) is 0.468. The number of nitrogens with zero attached hydrogens (tertiary/aromatic N) is 1. The van der Waals surface area contributed by atoms with E-state index in [-0.39, 0.29) is 10.6 Å². The summed E-state index contributed by atoms with van der Waals surface area (Å²) in [5, 5.41) is 2.88. The fourth-order valence-corrected chi connectivity index (χ4v) is 5.27. The lowest BCUT2D eigenvalue weighted by atomic mass is 10.1. The molecule has 10 heteroatoms. The van der Waals surface area contributed by atoms with Crippen LogP contribution in [-0.4, -0.2) is 48.3 Å². The van der Waals surface area contributed by atoms with Gasteiger partial charge in [-0.05, 0) is 61.0 Å². The first-order valence-corrected chi connectivity index (χ1v) is 12.8. The molecule has 0 aliphatic carbocycles. The second-order valence-corrected chi connectivity index (χ2v) is 9.91. The van der Waals surface area contributed by atoms with Crippen LogP contribution >= 0.6 is 0 Å². The van der Waals surface area contributed by atoms with E-state index in [1.165, 1.54) is 26.4 Å². The van der Waals surface area contributed by atoms with Gasteiger partial charge < -0.3 is 24.3 Å². The van der Waals surface area contributed by atoms with E-state index in [4.69, 9.17) is 18.9 Å². The van der Waals surface area contributed by atoms with E-state index < -0.39 is 28.5 Å². The minimum atomic E-state index is -4.12. The highest BCUT2D eigenvalue weighted by Gasteiger charge is 2.30. The molecule has 0 bridgehead atoms. The van der Waals surface area contributed by atoms with Crippen molar-refractivity contribution in [2.24, 2.45) is 0 Å². The van der Waals surface area contributed by atoms with Gasteiger partial charge in [0.05, 0.1) is 30.8 Å². The van der Waals surface area contributed by atoms with Gasteiger partial charge >= 0.3 is 0 Å². The van der Waals surface area contributed by atoms with E-state index >= 15 is 0 Å². The fraction of sp³-hybridized carbons (Fsp3) is 0.269. The first kappa shape index (κ1) is 25.2. The van der Waals surface area contributed by atoms with Gasteiger partial charge in [0.2, 0.25) is 5.91 Å². The van der Waals surface area contributed by atoms with Gasteiger partial charge in [-0.2, -0.15) is 0 Å². The summed E-state index contributed by atoms with van der Waals surface area (Å²) >= 11 is 0. The zero-order valence-electron chi connectivity index (χ0n) is 20.3. The third-order valence-corrected chi connectivity index (χ3v) is 7.51. The number of benzene rings is 3. The van der Waals surface area contributed by atoms with Crippen LogP contribution in [0.3, 0.4) is 0 Å². The number of sulfonamides is 1. The Morgan fingerprint density at radius 2 is 1.67 bits per heavy atom. The van der Waals surface area contributed by atoms with Crippen LogP contribution in [0.5, 0.6) is 23.0 Å². The summed E-state index contributed by atoms with van der Waals surface area (Å²) in [6.07, 6.45) is 0. The molecule has 1 aliphatic rings. The molecule has 1 amide bonds. The number of methoxy groups -OCH3 is 2. The molecule has 36 heavy (non-hydrogen) atoms. The Morgan fingerprint density at radius 1 is 0.972 bits per heavy atom. The SMILES string of the molecule is COc1ccc(S(=O)(=O)N(CC(=O)NC(C)c2ccc3c(c2)OCCO3)c2ccccc2OC)cc1. The molecule has 0 saturated heterocycles. The van der Waals surface area contributed by atoms with E-state index in [1.807, 2.05) is 19.1 Å². The molecular formula is C26H28N2O7S. The van der Waals surface area contributed by atoms with Crippen LogP contribution in [0, 0.1) is 0 Å². The van der Waals surface area contributed by atoms with Crippen LogP contribution in [0.2, 0.25) is 0 Å². The van der Waals surface area contributed by atoms with Gasteiger partial charge in [0.15, 0.2) is 11.5 Å². The van der Waals surface area contributed by atoms with E-state index in [0.29, 0.717) is 36.2 Å². The third kappa shape index (κ3) is 5.33. The second-order valence-electron chi connectivity index (χ2n) is 8.05. The van der Waals surface area contributed by atoms with Crippen LogP contribution in [0.25, 0.3) is 0 Å². The molecular weight excluding hydrogens is 484 g/mol. The summed E-state index contributed by atoms with van der Waals surface area (Å²) in [6.45, 7) is 2.30. The molecule has 0 aromatic heterocycles. The normalized spacial score (nSPS) is 13.4. The third-order valence-electron chi connectivity index (χ3n) is 5.73. The number of hydrogen-bond donors (Lipinski definition) is 1. The summed E-state index contributed by atoms with van der Waals surface area (Å²) in [4.78, 5) is 13.2. The fourth-order valence-electron chi connectivity index (χ4n) is 3.84. The molecule has 0 spiro atoms. The second kappa shape index (κ2) is 10.8. The predicted octanol–water partition coefficient (Wildman–Crippen LogP) is 3.55. The van der Waals surface area contributed by atoms with Crippen LogP contribution in [-0.2, 0) is 14.8 Å². The van der Waals surface area contributed by atoms with Gasteiger partial charge in [0.25, 0.3) is 10.0 Å². The Hall–Kier alpha value is -3.92. The van der Waals surface area contributed by atoms with Crippen LogP contribution in [0.1, 0.15) is 18.5 Å². The van der Waals surface area contributed by atoms with Gasteiger partial charge in [-0.25, -0.2) is 8.42 Å². The van der Waals surface area contributed by atoms with Crippen molar-refractivity contribution in [3.8, 4) is 23.0 Å². The number of ether oxygens (including phenoxy) is 4. The Kier molecular flexibility index (Phi) is 7.54. The van der Waals surface area contributed by atoms with Gasteiger partial charge in [-0.15, -0.1) is 0 Å². The van der Waals surface area contributed by atoms with Crippen molar-refractivity contribution in [1.82, 2.24) is 5.32 Å². The number of rotatable bonds is 9. The maximum Gasteiger partial charge on any atom is 0.264 e. The Bertz CT molecular complexity index is 1330. The molecule has 1 aliphatic heterocycles. The monoisotopic (exact) mass is 512 g/mol. The number of fused-ring (bicyclic) bond motifs is 1. The highest BCUT2D eigenvalue weighted by atomic mass is 32.2. The molecule has 3 aromatic rings. The average Bonchev–Trinajstić information content (AvgIpc) is 2.91. The average molecular weight is 513 g/mol. The number of nitrogens with one attached hydrogen (secondary N) is 1. The molecule has 1 N–H and O–H groups in total. The maximum atomic E-state index is 13.7. The minimum Gasteiger partial charge on any atom is -0.497 e. The number of para-hydroxylation sites is 2. The van der Waals surface area contributed by atoms with Crippen molar-refractivity contribution in [2.45, 2.75) is 17.9 Å². The molecule has 1 atom stereocenters. The topological polar surface area (TPSA) is 103 Å². The lowest BCUT2D eigenvalue weighted by Crippen LogP contribution is -2.41. The summed E-state index contributed by atoms with van der Waals surface area (Å²) in [5.41, 5.74) is 1.05. The summed E-state index contributed by atoms with van der Waals surface area (Å²) in [5.74, 6) is 1.61. The first-order chi connectivity index (χ1) is 17.3. The summed E-state index contributed by atoms with van der Waals surface area (Å²) < 4.78 is 50.1. The molecule has 3 aromatic carbocycles. The van der Waals surface area contributed by atoms with E-state index in [2.05, 4.69) is 5.32 Å². The zero-order valence-corrected chi connectivity index (χ0v) is 21.1. The lowest BCUT2D eigenvalue weighted by Gasteiger charge is -2.26. The van der Waals surface area contributed by atoms with Gasteiger partial charge in [-0.3, -0.25) is 9.10 Å². The molecule has 0 fully saturated rings. The molecule has 0 radical (unpaired) electrons. The van der Waals surface area contributed by atoms with Gasteiger partial charge in [0, 0.05) is 0 Å². The Labute approximate surface area is 210 Å². The van der Waals surface area contributed by atoms with Crippen molar-refractivity contribution in [3.05, 3.63) is 72.3 Å². The van der Waals surface area contributed by atoms with E-state index in [9.17, 15) is 13.2 Å². The zero-order chi connectivity index (χ0) is 25.7. The standard InChI is InChI=1S/C26H28N2O7S/c1-18(19-8-13-24-25(16-19)35-15-14-34-24)27-26(29)17-28(22-6-4-5-7-23(22)33-3)36(30,31)21-11-9-20(32-2)10-12-21/h4-13,16,18H,14-15,17H2,1-3H3,(H,27,29). The summed E-state index contributed by atoms with van der Waals surface area (Å²) in [6, 6.07) is 17.7. The largest absolute Gasteiger partial charge is 0.497 e. The number of amides is 1. The number of hydrogen-bond acceptors (Lipinski definition) is 7. The van der Waals surface area contributed by atoms with Gasteiger partial charge in [-0.1, -0.05) is 18.2 Å². The number of carbonyl (C=O) groups is 1. The van der Waals surface area contributed by atoms with Crippen LogP contribution < -0.4 is 28.6 Å². The smallest absolute Gasteiger partial charge is 0.264 e. The van der Waals surface area contributed by atoms with Crippen LogP contribution in [0.15, 0.2) is 71.6 Å². The van der Waals surface area contributed by atoms with Crippen molar-refractivity contribution in [3.63, 3.8) is 0 Å². The van der Waals surface area contributed by atoms with Gasteiger partial charge in [0.1, 0.15) is 31.3 Å². The Balaban J connectivity index is 1.60. The number of carbonyl (C=O) groups excluding carboxylic acids is 1. The summed E-state index contributed by atoms with van der Waals surface area (Å²) in [7, 11) is -1.18. The highest BCUT2D eigenvalue weighted by molar-refractivity contribution is 7.92. The van der Waals surface area contributed by atoms with Crippen molar-refractivity contribution >= 4 is 21.6 Å². The maximum absolute atomic E-state index is 13.7. The lowest BCUT2D eigenvalue weighted by molar-refractivity contribution is -0.120. The number of anilines is 1. The molecule has 9 nitrogen and oxygen atoms in total. The minimum absolute atomic E-state index is 0.0156. The van der Waals surface area contributed by atoms with E-state index in [1.54, 1.807) is 42.5 Å². The van der Waals surface area contributed by atoms with Crippen molar-refractivity contribution in [1.29, 1.82) is 0 Å². The first-order valence-electron chi connectivity index (χ1n) is 11.3. The highest BCUT2D eigenvalue weighted by Crippen LogP contribution is 2.34.